The molecule has 0 aliphatic heterocycles. The van der Waals surface area contributed by atoms with Crippen LogP contribution in [-0.2, 0) is 4.79 Å². The standard InChI is InChI=1S/C16H17NOS/c1-12(11-15-9-6-10-19-15)16(18)17-13(2)14-7-4-3-5-8-14/h3-11,13H,1-2H3,(H,17,18)/b12-11+. The van der Waals surface area contributed by atoms with E-state index in [9.17, 15) is 4.79 Å². The molecule has 1 heterocycles. The Kier molecular flexibility index (Phi) is 4.53. The van der Waals surface area contributed by atoms with Crippen molar-refractivity contribution in [3.8, 4) is 0 Å². The van der Waals surface area contributed by atoms with E-state index in [1.54, 1.807) is 11.3 Å². The summed E-state index contributed by atoms with van der Waals surface area (Å²) in [6, 6.07) is 14.0. The highest BCUT2D eigenvalue weighted by Crippen LogP contribution is 2.15. The normalized spacial score (nSPS) is 13.1. The third-order valence-electron chi connectivity index (χ3n) is 2.91. The number of rotatable bonds is 4. The number of hydrogen-bond donors (Lipinski definition) is 1. The molecule has 1 atom stereocenters. The molecule has 0 saturated heterocycles. The molecule has 0 saturated carbocycles. The van der Waals surface area contributed by atoms with Gasteiger partial charge in [-0.15, -0.1) is 11.3 Å². The van der Waals surface area contributed by atoms with E-state index in [-0.39, 0.29) is 11.9 Å². The first-order valence-corrected chi connectivity index (χ1v) is 7.12. The van der Waals surface area contributed by atoms with Gasteiger partial charge in [0.2, 0.25) is 5.91 Å². The molecule has 1 N–H and O–H groups in total. The van der Waals surface area contributed by atoms with E-state index in [4.69, 9.17) is 0 Å². The molecule has 0 bridgehead atoms. The molecule has 1 aromatic carbocycles. The molecule has 2 aromatic rings. The van der Waals surface area contributed by atoms with Gasteiger partial charge in [-0.1, -0.05) is 36.4 Å². The summed E-state index contributed by atoms with van der Waals surface area (Å²) in [6.45, 7) is 3.83. The van der Waals surface area contributed by atoms with Gasteiger partial charge in [0, 0.05) is 10.5 Å². The Hall–Kier alpha value is -1.87. The van der Waals surface area contributed by atoms with Gasteiger partial charge in [-0.05, 0) is 36.9 Å². The monoisotopic (exact) mass is 271 g/mol. The van der Waals surface area contributed by atoms with Crippen molar-refractivity contribution in [3.63, 3.8) is 0 Å². The molecule has 3 heteroatoms. The molecule has 98 valence electrons. The lowest BCUT2D eigenvalue weighted by Crippen LogP contribution is -2.27. The molecule has 19 heavy (non-hydrogen) atoms. The number of carbonyl (C=O) groups is 1. The summed E-state index contributed by atoms with van der Waals surface area (Å²) in [5, 5.41) is 5.01. The maximum Gasteiger partial charge on any atom is 0.247 e. The number of amides is 1. The van der Waals surface area contributed by atoms with Crippen molar-refractivity contribution in [2.24, 2.45) is 0 Å². The van der Waals surface area contributed by atoms with Gasteiger partial charge >= 0.3 is 0 Å². The minimum Gasteiger partial charge on any atom is -0.346 e. The van der Waals surface area contributed by atoms with Crippen LogP contribution in [0.25, 0.3) is 6.08 Å². The fourth-order valence-corrected chi connectivity index (χ4v) is 2.50. The van der Waals surface area contributed by atoms with Crippen LogP contribution in [0.4, 0.5) is 0 Å². The van der Waals surface area contributed by atoms with Crippen LogP contribution in [0.1, 0.15) is 30.3 Å². The van der Waals surface area contributed by atoms with Crippen molar-refractivity contribution in [1.29, 1.82) is 0 Å². The molecule has 0 aliphatic rings. The number of nitrogens with one attached hydrogen (secondary N) is 1. The second-order valence-electron chi connectivity index (χ2n) is 4.45. The van der Waals surface area contributed by atoms with Crippen LogP contribution in [0.3, 0.4) is 0 Å². The van der Waals surface area contributed by atoms with E-state index in [2.05, 4.69) is 5.32 Å². The van der Waals surface area contributed by atoms with Crippen molar-refractivity contribution in [1.82, 2.24) is 5.32 Å². The van der Waals surface area contributed by atoms with Crippen LogP contribution >= 0.6 is 11.3 Å². The van der Waals surface area contributed by atoms with E-state index in [0.29, 0.717) is 0 Å². The molecule has 0 aliphatic carbocycles. The molecule has 1 aromatic heterocycles. The molecule has 0 fully saturated rings. The molecular weight excluding hydrogens is 254 g/mol. The van der Waals surface area contributed by atoms with Gasteiger partial charge in [0.05, 0.1) is 6.04 Å². The lowest BCUT2D eigenvalue weighted by molar-refractivity contribution is -0.118. The van der Waals surface area contributed by atoms with E-state index in [0.717, 1.165) is 16.0 Å². The SMILES string of the molecule is C/C(=C\c1cccs1)C(=O)NC(C)c1ccccc1. The van der Waals surface area contributed by atoms with Gasteiger partial charge in [0.1, 0.15) is 0 Å². The minimum absolute atomic E-state index is 0.0142. The highest BCUT2D eigenvalue weighted by atomic mass is 32.1. The third-order valence-corrected chi connectivity index (χ3v) is 3.73. The first-order chi connectivity index (χ1) is 9.16. The van der Waals surface area contributed by atoms with E-state index in [1.807, 2.05) is 67.8 Å². The molecule has 2 rings (SSSR count). The number of hydrogen-bond acceptors (Lipinski definition) is 2. The maximum atomic E-state index is 12.1. The first-order valence-electron chi connectivity index (χ1n) is 6.24. The summed E-state index contributed by atoms with van der Waals surface area (Å²) >= 11 is 1.63. The number of carbonyl (C=O) groups excluding carboxylic acids is 1. The van der Waals surface area contributed by atoms with Crippen molar-refractivity contribution in [2.45, 2.75) is 19.9 Å². The Morgan fingerprint density at radius 3 is 2.58 bits per heavy atom. The smallest absolute Gasteiger partial charge is 0.247 e. The Balaban J connectivity index is 2.01. The Morgan fingerprint density at radius 2 is 1.95 bits per heavy atom. The fraction of sp³-hybridized carbons (Fsp3) is 0.188. The molecular formula is C16H17NOS. The highest BCUT2D eigenvalue weighted by molar-refractivity contribution is 7.10. The Bertz CT molecular complexity index is 558. The van der Waals surface area contributed by atoms with E-state index < -0.39 is 0 Å². The van der Waals surface area contributed by atoms with Crippen LogP contribution in [0.15, 0.2) is 53.4 Å². The van der Waals surface area contributed by atoms with E-state index in [1.165, 1.54) is 0 Å². The molecule has 0 spiro atoms. The Labute approximate surface area is 117 Å². The van der Waals surface area contributed by atoms with E-state index >= 15 is 0 Å². The van der Waals surface area contributed by atoms with Gasteiger partial charge in [-0.2, -0.15) is 0 Å². The summed E-state index contributed by atoms with van der Waals surface area (Å²) in [7, 11) is 0. The van der Waals surface area contributed by atoms with Gasteiger partial charge in [-0.25, -0.2) is 0 Å². The van der Waals surface area contributed by atoms with Crippen LogP contribution in [0, 0.1) is 0 Å². The van der Waals surface area contributed by atoms with Crippen molar-refractivity contribution in [2.75, 3.05) is 0 Å². The van der Waals surface area contributed by atoms with Crippen LogP contribution in [-0.4, -0.2) is 5.91 Å². The van der Waals surface area contributed by atoms with Gasteiger partial charge in [0.15, 0.2) is 0 Å². The predicted octanol–water partition coefficient (Wildman–Crippen LogP) is 4.03. The average molecular weight is 271 g/mol. The van der Waals surface area contributed by atoms with Crippen molar-refractivity contribution >= 4 is 23.3 Å². The fourth-order valence-electron chi connectivity index (χ4n) is 1.79. The minimum atomic E-state index is -0.0234. The number of benzene rings is 1. The topological polar surface area (TPSA) is 29.1 Å². The van der Waals surface area contributed by atoms with Crippen LogP contribution in [0.5, 0.6) is 0 Å². The molecule has 1 unspecified atom stereocenters. The summed E-state index contributed by atoms with van der Waals surface area (Å²) in [5.74, 6) is -0.0234. The molecule has 0 radical (unpaired) electrons. The zero-order valence-electron chi connectivity index (χ0n) is 11.1. The summed E-state index contributed by atoms with van der Waals surface area (Å²) in [5.41, 5.74) is 1.84. The molecule has 1 amide bonds. The second kappa shape index (κ2) is 6.34. The van der Waals surface area contributed by atoms with Crippen molar-refractivity contribution in [3.05, 3.63) is 63.9 Å². The maximum absolute atomic E-state index is 12.1. The average Bonchev–Trinajstić information content (AvgIpc) is 2.92. The number of thiophene rings is 1. The zero-order chi connectivity index (χ0) is 13.7. The van der Waals surface area contributed by atoms with Gasteiger partial charge in [-0.3, -0.25) is 4.79 Å². The summed E-state index contributed by atoms with van der Waals surface area (Å²) < 4.78 is 0. The van der Waals surface area contributed by atoms with Crippen LogP contribution < -0.4 is 5.32 Å². The van der Waals surface area contributed by atoms with Crippen molar-refractivity contribution < 1.29 is 4.79 Å². The first kappa shape index (κ1) is 13.6. The van der Waals surface area contributed by atoms with Crippen LogP contribution in [0.2, 0.25) is 0 Å². The second-order valence-corrected chi connectivity index (χ2v) is 5.43. The summed E-state index contributed by atoms with van der Waals surface area (Å²) in [4.78, 5) is 13.2. The predicted molar refractivity (Wildman–Crippen MR) is 81.0 cm³/mol. The summed E-state index contributed by atoms with van der Waals surface area (Å²) in [6.07, 6.45) is 1.91. The van der Waals surface area contributed by atoms with Gasteiger partial charge < -0.3 is 5.32 Å². The molecule has 2 nitrogen and oxygen atoms in total. The Morgan fingerprint density at radius 1 is 1.21 bits per heavy atom. The van der Waals surface area contributed by atoms with Gasteiger partial charge in [0.25, 0.3) is 0 Å². The lowest BCUT2D eigenvalue weighted by Gasteiger charge is -2.14. The largest absolute Gasteiger partial charge is 0.346 e. The zero-order valence-corrected chi connectivity index (χ0v) is 11.9. The lowest BCUT2D eigenvalue weighted by atomic mass is 10.1. The quantitative estimate of drug-likeness (QED) is 0.836. The third kappa shape index (κ3) is 3.80. The highest BCUT2D eigenvalue weighted by Gasteiger charge is 2.10.